The van der Waals surface area contributed by atoms with E-state index in [2.05, 4.69) is 160 Å². The Labute approximate surface area is 491 Å². The van der Waals surface area contributed by atoms with Gasteiger partial charge in [0.05, 0.1) is 27.7 Å². The van der Waals surface area contributed by atoms with E-state index < -0.39 is 32.5 Å². The van der Waals surface area contributed by atoms with Gasteiger partial charge in [-0.2, -0.15) is 0 Å². The second-order valence-corrected chi connectivity index (χ2v) is 23.1. The van der Waals surface area contributed by atoms with Gasteiger partial charge < -0.3 is 27.9 Å². The molecule has 0 spiro atoms. The molecule has 10 heteroatoms. The largest absolute Gasteiger partial charge is 0.756 e. The lowest BCUT2D eigenvalue weighted by Crippen LogP contribution is -2.37. The Morgan fingerprint density at radius 3 is 1.06 bits per heavy atom. The Hall–Kier alpha value is -4.11. The Kier molecular flexibility index (Phi) is 56.5. The Morgan fingerprint density at radius 2 is 0.713 bits per heavy atom. The molecule has 0 aromatic heterocycles. The molecule has 80 heavy (non-hydrogen) atoms. The van der Waals surface area contributed by atoms with Crippen LogP contribution in [0.5, 0.6) is 0 Å². The average Bonchev–Trinajstić information content (AvgIpc) is 3.42. The van der Waals surface area contributed by atoms with Crippen molar-refractivity contribution in [3.8, 4) is 0 Å². The van der Waals surface area contributed by atoms with Gasteiger partial charge in [0.15, 0.2) is 6.10 Å². The topological polar surface area (TPSA) is 111 Å². The zero-order valence-electron chi connectivity index (χ0n) is 51.5. The van der Waals surface area contributed by atoms with Crippen LogP contribution < -0.4 is 4.89 Å². The van der Waals surface area contributed by atoms with Crippen LogP contribution in [0.25, 0.3) is 0 Å². The third-order valence-electron chi connectivity index (χ3n) is 12.8. The predicted octanol–water partition coefficient (Wildman–Crippen LogP) is 19.6. The van der Waals surface area contributed by atoms with Crippen LogP contribution in [0.2, 0.25) is 0 Å². The summed E-state index contributed by atoms with van der Waals surface area (Å²) in [6, 6.07) is 0. The van der Waals surface area contributed by atoms with Gasteiger partial charge in [0.2, 0.25) is 0 Å². The quantitative estimate of drug-likeness (QED) is 0.0195. The number of phosphoric acid groups is 1. The molecule has 0 aliphatic carbocycles. The first-order chi connectivity index (χ1) is 39.0. The van der Waals surface area contributed by atoms with Crippen molar-refractivity contribution in [2.24, 2.45) is 0 Å². The first-order valence-corrected chi connectivity index (χ1v) is 33.0. The Bertz CT molecular complexity index is 1860. The summed E-state index contributed by atoms with van der Waals surface area (Å²) in [5, 5.41) is 0. The number of esters is 2. The van der Waals surface area contributed by atoms with E-state index in [4.69, 9.17) is 18.5 Å². The molecule has 2 atom stereocenters. The van der Waals surface area contributed by atoms with Gasteiger partial charge in [-0.05, 0) is 122 Å². The molecule has 0 N–H and O–H groups in total. The third kappa shape index (κ3) is 63.1. The molecule has 0 heterocycles. The molecular formula is C70H116NO8P. The molecule has 0 fully saturated rings. The van der Waals surface area contributed by atoms with Crippen LogP contribution in [0, 0.1) is 0 Å². The van der Waals surface area contributed by atoms with Crippen LogP contribution in [0.3, 0.4) is 0 Å². The van der Waals surface area contributed by atoms with Gasteiger partial charge in [-0.1, -0.05) is 243 Å². The maximum atomic E-state index is 12.8. The summed E-state index contributed by atoms with van der Waals surface area (Å²) < 4.78 is 34.1. The monoisotopic (exact) mass is 1130 g/mol. The van der Waals surface area contributed by atoms with E-state index in [0.29, 0.717) is 23.9 Å². The van der Waals surface area contributed by atoms with Crippen molar-refractivity contribution in [2.75, 3.05) is 47.5 Å². The number of nitrogens with zero attached hydrogens (tertiary/aromatic N) is 1. The first-order valence-electron chi connectivity index (χ1n) is 31.5. The molecule has 0 aliphatic heterocycles. The van der Waals surface area contributed by atoms with Gasteiger partial charge in [-0.15, -0.1) is 0 Å². The summed E-state index contributed by atoms with van der Waals surface area (Å²) in [5.41, 5.74) is 0. The first kappa shape index (κ1) is 75.9. The van der Waals surface area contributed by atoms with Gasteiger partial charge in [0.25, 0.3) is 7.82 Å². The Morgan fingerprint density at radius 1 is 0.400 bits per heavy atom. The molecule has 0 amide bonds. The molecule has 0 aliphatic rings. The molecule has 0 aromatic rings. The fraction of sp³-hybridized carbons (Fsp3) is 0.629. The minimum Gasteiger partial charge on any atom is -0.756 e. The molecule has 454 valence electrons. The van der Waals surface area contributed by atoms with Crippen molar-refractivity contribution in [1.29, 1.82) is 0 Å². The van der Waals surface area contributed by atoms with E-state index in [9.17, 15) is 19.0 Å². The minimum absolute atomic E-state index is 0.0407. The molecule has 2 unspecified atom stereocenters. The number of allylic oxidation sites excluding steroid dienone is 24. The number of likely N-dealkylation sites (N-methyl/N-ethyl adjacent to an activating group) is 1. The lowest BCUT2D eigenvalue weighted by atomic mass is 10.0. The summed E-state index contributed by atoms with van der Waals surface area (Å²) in [7, 11) is 1.14. The summed E-state index contributed by atoms with van der Waals surface area (Å²) in [6.07, 6.45) is 87.7. The summed E-state index contributed by atoms with van der Waals surface area (Å²) in [5.74, 6) is -0.862. The van der Waals surface area contributed by atoms with Crippen molar-refractivity contribution in [1.82, 2.24) is 0 Å². The number of unbranched alkanes of at least 4 members (excludes halogenated alkanes) is 18. The predicted molar refractivity (Wildman–Crippen MR) is 341 cm³/mol. The third-order valence-corrected chi connectivity index (χ3v) is 13.8. The number of phosphoric ester groups is 1. The van der Waals surface area contributed by atoms with E-state index in [1.807, 2.05) is 21.1 Å². The number of carbonyl (C=O) groups excluding carboxylic acids is 2. The molecule has 0 saturated carbocycles. The normalized spacial score (nSPS) is 14.2. The van der Waals surface area contributed by atoms with Gasteiger partial charge in [0, 0.05) is 12.8 Å². The molecule has 0 rings (SSSR count). The van der Waals surface area contributed by atoms with Gasteiger partial charge in [-0.25, -0.2) is 0 Å². The zero-order valence-corrected chi connectivity index (χ0v) is 52.4. The van der Waals surface area contributed by atoms with Crippen molar-refractivity contribution < 1.29 is 42.1 Å². The highest BCUT2D eigenvalue weighted by atomic mass is 31.2. The van der Waals surface area contributed by atoms with Crippen molar-refractivity contribution in [2.45, 2.75) is 238 Å². The van der Waals surface area contributed by atoms with Gasteiger partial charge in [0.1, 0.15) is 19.8 Å². The smallest absolute Gasteiger partial charge is 0.306 e. The highest BCUT2D eigenvalue weighted by Crippen LogP contribution is 2.38. The minimum atomic E-state index is -4.65. The fourth-order valence-corrected chi connectivity index (χ4v) is 8.74. The van der Waals surface area contributed by atoms with Gasteiger partial charge >= 0.3 is 11.9 Å². The molecular weight excluding hydrogens is 1010 g/mol. The number of carbonyl (C=O) groups is 2. The molecule has 9 nitrogen and oxygen atoms in total. The fourth-order valence-electron chi connectivity index (χ4n) is 8.01. The van der Waals surface area contributed by atoms with Crippen LogP contribution in [-0.2, 0) is 32.7 Å². The molecule has 0 radical (unpaired) electrons. The molecule has 0 aromatic carbocycles. The summed E-state index contributed by atoms with van der Waals surface area (Å²) in [4.78, 5) is 37.9. The van der Waals surface area contributed by atoms with Crippen LogP contribution in [0.15, 0.2) is 146 Å². The van der Waals surface area contributed by atoms with E-state index in [1.54, 1.807) is 0 Å². The van der Waals surface area contributed by atoms with Crippen molar-refractivity contribution >= 4 is 19.8 Å². The molecule has 0 bridgehead atoms. The number of quaternary nitrogens is 1. The standard InChI is InChI=1S/C70H116NO8P/c1-6-8-10-12-14-16-18-20-22-23-24-25-26-27-28-29-30-31-32-33-34-35-36-37-38-39-40-41-42-43-44-45-46-47-49-51-53-55-57-59-61-63-70(73)79-68(67-78-80(74,75)77-65-64-71(3,4)5)66-76-69(72)62-60-58-56-54-52-50-48-21-19-17-15-13-11-9-7-2/h8,10,14-17,20-22,24-25,27-28,30-31,33-34,36-37,39-40,42-43,48,68H,6-7,9,11-13,18-19,23,26,29,32,35,38,41,44-47,49-67H2,1-5H3/b10-8-,16-14-,17-15-,22-20-,25-24-,28-27-,31-30-,34-33-,37-36-,40-39-,43-42-,48-21-. The highest BCUT2D eigenvalue weighted by Gasteiger charge is 2.22. The second-order valence-electron chi connectivity index (χ2n) is 21.7. The van der Waals surface area contributed by atoms with Crippen LogP contribution in [-0.4, -0.2) is 70.0 Å². The zero-order chi connectivity index (χ0) is 58.4. The Balaban J connectivity index is 4.10. The highest BCUT2D eigenvalue weighted by molar-refractivity contribution is 7.45. The number of rotatable bonds is 56. The van der Waals surface area contributed by atoms with Crippen LogP contribution >= 0.6 is 7.82 Å². The maximum Gasteiger partial charge on any atom is 0.306 e. The molecule has 0 saturated heterocycles. The van der Waals surface area contributed by atoms with Gasteiger partial charge in [-0.3, -0.25) is 14.2 Å². The lowest BCUT2D eigenvalue weighted by Gasteiger charge is -2.28. The average molecular weight is 1130 g/mol. The number of hydrogen-bond donors (Lipinski definition) is 0. The van der Waals surface area contributed by atoms with Crippen LogP contribution in [0.4, 0.5) is 0 Å². The summed E-state index contributed by atoms with van der Waals surface area (Å²) in [6.45, 7) is 4.06. The SMILES string of the molecule is CC/C=C\C/C=C\C/C=C\C/C=C\C/C=C\C/C=C\C/C=C\C/C=C\C/C=C\C/C=C\CCCCCCCCCCCCC(=O)OC(COC(=O)CCCCCCC/C=C\C/C=C\CCCCC)COP(=O)([O-])OCC[N+](C)(C)C. The van der Waals surface area contributed by atoms with E-state index >= 15 is 0 Å². The van der Waals surface area contributed by atoms with E-state index in [0.717, 1.165) is 128 Å². The number of hydrogen-bond acceptors (Lipinski definition) is 8. The van der Waals surface area contributed by atoms with E-state index in [1.165, 1.54) is 64.2 Å². The lowest BCUT2D eigenvalue weighted by molar-refractivity contribution is -0.870. The van der Waals surface area contributed by atoms with E-state index in [-0.39, 0.29) is 26.1 Å². The van der Waals surface area contributed by atoms with Crippen LogP contribution in [0.1, 0.15) is 232 Å². The van der Waals surface area contributed by atoms with Crippen molar-refractivity contribution in [3.63, 3.8) is 0 Å². The maximum absolute atomic E-state index is 12.8. The van der Waals surface area contributed by atoms with Crippen molar-refractivity contribution in [3.05, 3.63) is 146 Å². The summed E-state index contributed by atoms with van der Waals surface area (Å²) >= 11 is 0. The second kappa shape index (κ2) is 59.5. The number of ether oxygens (including phenoxy) is 2.